The third-order valence-corrected chi connectivity index (χ3v) is 5.62. The first-order chi connectivity index (χ1) is 12.7. The fourth-order valence-corrected chi connectivity index (χ4v) is 3.97. The zero-order chi connectivity index (χ0) is 18.5. The van der Waals surface area contributed by atoms with Crippen molar-refractivity contribution in [3.63, 3.8) is 0 Å². The SMILES string of the molecule is CCC(C)C1=CC=CC1C(c1cccc(CN)c1)c1cccc(CN)c1. The number of hydrogen-bond acceptors (Lipinski definition) is 2. The second kappa shape index (κ2) is 8.48. The maximum atomic E-state index is 5.91. The molecular weight excluding hydrogens is 316 g/mol. The van der Waals surface area contributed by atoms with Crippen molar-refractivity contribution in [3.8, 4) is 0 Å². The summed E-state index contributed by atoms with van der Waals surface area (Å²) in [5.74, 6) is 1.24. The van der Waals surface area contributed by atoms with Gasteiger partial charge < -0.3 is 11.5 Å². The van der Waals surface area contributed by atoms with Crippen molar-refractivity contribution in [2.45, 2.75) is 39.3 Å². The Bertz CT molecular complexity index is 756. The summed E-state index contributed by atoms with van der Waals surface area (Å²) >= 11 is 0. The average Bonchev–Trinajstić information content (AvgIpc) is 3.17. The summed E-state index contributed by atoms with van der Waals surface area (Å²) in [5, 5.41) is 0. The summed E-state index contributed by atoms with van der Waals surface area (Å²) < 4.78 is 0. The van der Waals surface area contributed by atoms with Crippen LogP contribution in [-0.2, 0) is 13.1 Å². The van der Waals surface area contributed by atoms with Gasteiger partial charge in [0.25, 0.3) is 0 Å². The number of allylic oxidation sites excluding steroid dienone is 4. The first-order valence-corrected chi connectivity index (χ1v) is 9.64. The standard InChI is InChI=1S/C24H30N2/c1-3-17(2)22-11-6-12-23(22)24(20-9-4-7-18(13-20)15-25)21-10-5-8-19(14-21)16-26/h4-14,17,23-24H,3,15-16,25-26H2,1-2H3. The van der Waals surface area contributed by atoms with Gasteiger partial charge in [-0.05, 0) is 34.6 Å². The monoisotopic (exact) mass is 346 g/mol. The highest BCUT2D eigenvalue weighted by Gasteiger charge is 2.30. The van der Waals surface area contributed by atoms with Crippen molar-refractivity contribution in [1.29, 1.82) is 0 Å². The molecule has 0 heterocycles. The molecular formula is C24H30N2. The quantitative estimate of drug-likeness (QED) is 0.749. The zero-order valence-corrected chi connectivity index (χ0v) is 15.9. The molecule has 0 radical (unpaired) electrons. The normalized spacial score (nSPS) is 17.6. The van der Waals surface area contributed by atoms with E-state index in [2.05, 4.69) is 80.6 Å². The molecule has 1 aliphatic carbocycles. The summed E-state index contributed by atoms with van der Waals surface area (Å²) in [6.45, 7) is 5.73. The average molecular weight is 347 g/mol. The van der Waals surface area contributed by atoms with E-state index in [4.69, 9.17) is 11.5 Å². The van der Waals surface area contributed by atoms with Gasteiger partial charge in [-0.2, -0.15) is 0 Å². The summed E-state index contributed by atoms with van der Waals surface area (Å²) in [6, 6.07) is 17.5. The molecule has 2 nitrogen and oxygen atoms in total. The van der Waals surface area contributed by atoms with Gasteiger partial charge in [-0.15, -0.1) is 0 Å². The van der Waals surface area contributed by atoms with E-state index in [1.54, 1.807) is 0 Å². The third-order valence-electron chi connectivity index (χ3n) is 5.62. The van der Waals surface area contributed by atoms with Crippen molar-refractivity contribution >= 4 is 0 Å². The number of hydrogen-bond donors (Lipinski definition) is 2. The lowest BCUT2D eigenvalue weighted by molar-refractivity contribution is 0.542. The zero-order valence-electron chi connectivity index (χ0n) is 15.9. The van der Waals surface area contributed by atoms with Crippen LogP contribution in [0.5, 0.6) is 0 Å². The first kappa shape index (κ1) is 18.6. The van der Waals surface area contributed by atoms with Crippen LogP contribution in [0.1, 0.15) is 48.4 Å². The van der Waals surface area contributed by atoms with E-state index in [-0.39, 0.29) is 5.92 Å². The molecule has 0 saturated heterocycles. The van der Waals surface area contributed by atoms with E-state index >= 15 is 0 Å². The van der Waals surface area contributed by atoms with Crippen molar-refractivity contribution in [3.05, 3.63) is 94.6 Å². The molecule has 26 heavy (non-hydrogen) atoms. The number of benzene rings is 2. The van der Waals surface area contributed by atoms with Gasteiger partial charge in [0.1, 0.15) is 0 Å². The lowest BCUT2D eigenvalue weighted by Gasteiger charge is -2.29. The molecule has 4 N–H and O–H groups in total. The van der Waals surface area contributed by atoms with Crippen molar-refractivity contribution < 1.29 is 0 Å². The van der Waals surface area contributed by atoms with Crippen LogP contribution in [0.4, 0.5) is 0 Å². The Morgan fingerprint density at radius 2 is 1.50 bits per heavy atom. The molecule has 1 aliphatic rings. The largest absolute Gasteiger partial charge is 0.326 e. The highest BCUT2D eigenvalue weighted by molar-refractivity contribution is 5.44. The van der Waals surface area contributed by atoms with Crippen molar-refractivity contribution in [2.24, 2.45) is 23.3 Å². The molecule has 0 spiro atoms. The smallest absolute Gasteiger partial charge is 0.0190 e. The van der Waals surface area contributed by atoms with Crippen LogP contribution in [0.25, 0.3) is 0 Å². The van der Waals surface area contributed by atoms with Gasteiger partial charge in [0.05, 0.1) is 0 Å². The Morgan fingerprint density at radius 1 is 0.923 bits per heavy atom. The number of rotatable bonds is 7. The van der Waals surface area contributed by atoms with Crippen LogP contribution in [0.15, 0.2) is 72.3 Å². The van der Waals surface area contributed by atoms with Crippen LogP contribution >= 0.6 is 0 Å². The summed E-state index contributed by atoms with van der Waals surface area (Å²) in [5.41, 5.74) is 18.4. The van der Waals surface area contributed by atoms with Gasteiger partial charge in [0, 0.05) is 24.9 Å². The van der Waals surface area contributed by atoms with Crippen LogP contribution in [0.3, 0.4) is 0 Å². The minimum absolute atomic E-state index is 0.284. The molecule has 0 amide bonds. The van der Waals surface area contributed by atoms with E-state index in [0.717, 1.165) is 6.42 Å². The summed E-state index contributed by atoms with van der Waals surface area (Å²) in [6.07, 6.45) is 8.04. The maximum Gasteiger partial charge on any atom is 0.0190 e. The lowest BCUT2D eigenvalue weighted by Crippen LogP contribution is -2.18. The molecule has 2 atom stereocenters. The highest BCUT2D eigenvalue weighted by Crippen LogP contribution is 2.42. The predicted octanol–water partition coefficient (Wildman–Crippen LogP) is 4.89. The van der Waals surface area contributed by atoms with Crippen molar-refractivity contribution in [1.82, 2.24) is 0 Å². The fourth-order valence-electron chi connectivity index (χ4n) is 3.97. The fraction of sp³-hybridized carbons (Fsp3) is 0.333. The van der Waals surface area contributed by atoms with Gasteiger partial charge in [-0.25, -0.2) is 0 Å². The lowest BCUT2D eigenvalue weighted by atomic mass is 9.74. The minimum atomic E-state index is 0.284. The van der Waals surface area contributed by atoms with Gasteiger partial charge in [0.2, 0.25) is 0 Å². The summed E-state index contributed by atoms with van der Waals surface area (Å²) in [7, 11) is 0. The van der Waals surface area contributed by atoms with Crippen LogP contribution < -0.4 is 11.5 Å². The van der Waals surface area contributed by atoms with E-state index in [1.807, 2.05) is 0 Å². The molecule has 2 unspecified atom stereocenters. The van der Waals surface area contributed by atoms with E-state index < -0.39 is 0 Å². The summed E-state index contributed by atoms with van der Waals surface area (Å²) in [4.78, 5) is 0. The van der Waals surface area contributed by atoms with Crippen LogP contribution in [0, 0.1) is 11.8 Å². The van der Waals surface area contributed by atoms with E-state index in [1.165, 1.54) is 27.8 Å². The predicted molar refractivity (Wildman–Crippen MR) is 111 cm³/mol. The van der Waals surface area contributed by atoms with Crippen LogP contribution in [-0.4, -0.2) is 0 Å². The Labute approximate surface area is 157 Å². The molecule has 3 rings (SSSR count). The molecule has 0 bridgehead atoms. The van der Waals surface area contributed by atoms with Crippen molar-refractivity contribution in [2.75, 3.05) is 0 Å². The Hall–Kier alpha value is -2.16. The maximum absolute atomic E-state index is 5.91. The molecule has 0 aromatic heterocycles. The van der Waals surface area contributed by atoms with E-state index in [9.17, 15) is 0 Å². The minimum Gasteiger partial charge on any atom is -0.326 e. The molecule has 0 fully saturated rings. The Morgan fingerprint density at radius 3 is 2.00 bits per heavy atom. The number of nitrogens with two attached hydrogens (primary N) is 2. The molecule has 0 saturated carbocycles. The Kier molecular flexibility index (Phi) is 6.08. The highest BCUT2D eigenvalue weighted by atomic mass is 14.5. The molecule has 2 aromatic carbocycles. The molecule has 2 aromatic rings. The van der Waals surface area contributed by atoms with E-state index in [0.29, 0.717) is 24.9 Å². The molecule has 2 heteroatoms. The van der Waals surface area contributed by atoms with Gasteiger partial charge in [-0.3, -0.25) is 0 Å². The topological polar surface area (TPSA) is 52.0 Å². The second-order valence-corrected chi connectivity index (χ2v) is 7.26. The molecule has 0 aliphatic heterocycles. The van der Waals surface area contributed by atoms with Gasteiger partial charge in [0.15, 0.2) is 0 Å². The second-order valence-electron chi connectivity index (χ2n) is 7.26. The first-order valence-electron chi connectivity index (χ1n) is 9.64. The Balaban J connectivity index is 2.09. The van der Waals surface area contributed by atoms with Gasteiger partial charge in [-0.1, -0.05) is 86.2 Å². The third kappa shape index (κ3) is 3.82. The van der Waals surface area contributed by atoms with Gasteiger partial charge >= 0.3 is 0 Å². The van der Waals surface area contributed by atoms with Crippen LogP contribution in [0.2, 0.25) is 0 Å². The molecule has 136 valence electrons.